The summed E-state index contributed by atoms with van der Waals surface area (Å²) in [5.41, 5.74) is 5.08. The summed E-state index contributed by atoms with van der Waals surface area (Å²) in [7, 11) is 0. The van der Waals surface area contributed by atoms with Crippen molar-refractivity contribution >= 4 is 0 Å². The van der Waals surface area contributed by atoms with Gasteiger partial charge in [0.25, 0.3) is 0 Å². The molecular formula is C24H23N. The van der Waals surface area contributed by atoms with Crippen LogP contribution in [-0.2, 0) is 13.1 Å². The van der Waals surface area contributed by atoms with Gasteiger partial charge in [0.1, 0.15) is 0 Å². The normalized spacial score (nSPS) is 10.3. The molecule has 0 unspecified atom stereocenters. The van der Waals surface area contributed by atoms with Gasteiger partial charge in [-0.15, -0.1) is 0 Å². The van der Waals surface area contributed by atoms with Gasteiger partial charge in [-0.3, -0.25) is 4.90 Å². The number of benzene rings is 3. The third-order valence-electron chi connectivity index (χ3n) is 4.21. The largest absolute Gasteiger partial charge is 0.284 e. The molecule has 3 aromatic carbocycles. The average Bonchev–Trinajstić information content (AvgIpc) is 2.65. The van der Waals surface area contributed by atoms with E-state index in [2.05, 4.69) is 90.4 Å². The third-order valence-corrected chi connectivity index (χ3v) is 4.21. The standard InChI is InChI=1S/C24H23N/c1-21-11-8-9-17-24(21)20-25(19-23-14-6-3-7-15-23)18-10-16-22-12-4-2-5-13-22/h2-9,11-15,17H,18-20H2,1H3. The molecule has 124 valence electrons. The zero-order valence-electron chi connectivity index (χ0n) is 14.7. The molecule has 0 saturated carbocycles. The van der Waals surface area contributed by atoms with Crippen LogP contribution in [0.5, 0.6) is 0 Å². The van der Waals surface area contributed by atoms with Crippen molar-refractivity contribution < 1.29 is 0 Å². The average molecular weight is 325 g/mol. The lowest BCUT2D eigenvalue weighted by molar-refractivity contribution is 0.290. The van der Waals surface area contributed by atoms with Crippen molar-refractivity contribution in [2.24, 2.45) is 0 Å². The van der Waals surface area contributed by atoms with Crippen LogP contribution in [0.25, 0.3) is 0 Å². The van der Waals surface area contributed by atoms with E-state index in [-0.39, 0.29) is 0 Å². The predicted molar refractivity (Wildman–Crippen MR) is 105 cm³/mol. The van der Waals surface area contributed by atoms with E-state index >= 15 is 0 Å². The van der Waals surface area contributed by atoms with Crippen LogP contribution in [-0.4, -0.2) is 11.4 Å². The highest BCUT2D eigenvalue weighted by Gasteiger charge is 2.07. The van der Waals surface area contributed by atoms with Gasteiger partial charge in [0.2, 0.25) is 0 Å². The van der Waals surface area contributed by atoms with E-state index in [1.54, 1.807) is 0 Å². The third kappa shape index (κ3) is 5.35. The molecular weight excluding hydrogens is 302 g/mol. The molecule has 1 nitrogen and oxygen atoms in total. The van der Waals surface area contributed by atoms with Crippen LogP contribution in [0.1, 0.15) is 22.3 Å². The molecule has 3 aromatic rings. The Balaban J connectivity index is 1.74. The summed E-state index contributed by atoms with van der Waals surface area (Å²) in [5, 5.41) is 0. The first kappa shape index (κ1) is 17.0. The molecule has 0 heterocycles. The van der Waals surface area contributed by atoms with E-state index in [0.29, 0.717) is 0 Å². The smallest absolute Gasteiger partial charge is 0.0611 e. The predicted octanol–water partition coefficient (Wildman–Crippen LogP) is 5.05. The maximum Gasteiger partial charge on any atom is 0.0611 e. The van der Waals surface area contributed by atoms with Crippen molar-refractivity contribution in [3.63, 3.8) is 0 Å². The van der Waals surface area contributed by atoms with Crippen LogP contribution < -0.4 is 0 Å². The molecule has 0 aliphatic heterocycles. The number of nitrogens with zero attached hydrogens (tertiary/aromatic N) is 1. The first-order valence-electron chi connectivity index (χ1n) is 8.66. The lowest BCUT2D eigenvalue weighted by Gasteiger charge is -2.21. The highest BCUT2D eigenvalue weighted by molar-refractivity contribution is 5.34. The SMILES string of the molecule is Cc1ccccc1CN(CC#Cc1ccccc1)Cc1ccccc1. The van der Waals surface area contributed by atoms with Crippen LogP contribution >= 0.6 is 0 Å². The topological polar surface area (TPSA) is 3.24 Å². The van der Waals surface area contributed by atoms with Gasteiger partial charge >= 0.3 is 0 Å². The fourth-order valence-electron chi connectivity index (χ4n) is 2.81. The van der Waals surface area contributed by atoms with Gasteiger partial charge in [0, 0.05) is 18.7 Å². The fraction of sp³-hybridized carbons (Fsp3) is 0.167. The fourth-order valence-corrected chi connectivity index (χ4v) is 2.81. The van der Waals surface area contributed by atoms with Gasteiger partial charge in [-0.1, -0.05) is 84.6 Å². The summed E-state index contributed by atoms with van der Waals surface area (Å²) in [6, 6.07) is 29.4. The van der Waals surface area contributed by atoms with Gasteiger partial charge in [0.05, 0.1) is 6.54 Å². The zero-order valence-corrected chi connectivity index (χ0v) is 14.7. The first-order valence-corrected chi connectivity index (χ1v) is 8.66. The van der Waals surface area contributed by atoms with Crippen LogP contribution in [0, 0.1) is 18.8 Å². The van der Waals surface area contributed by atoms with Crippen molar-refractivity contribution in [2.45, 2.75) is 20.0 Å². The van der Waals surface area contributed by atoms with Gasteiger partial charge < -0.3 is 0 Å². The van der Waals surface area contributed by atoms with Gasteiger partial charge in [-0.25, -0.2) is 0 Å². The molecule has 0 bridgehead atoms. The first-order chi connectivity index (χ1) is 12.3. The monoisotopic (exact) mass is 325 g/mol. The van der Waals surface area contributed by atoms with Crippen LogP contribution in [0.15, 0.2) is 84.9 Å². The summed E-state index contributed by atoms with van der Waals surface area (Å²) < 4.78 is 0. The number of rotatable bonds is 5. The number of aryl methyl sites for hydroxylation is 1. The molecule has 0 spiro atoms. The molecule has 0 amide bonds. The lowest BCUT2D eigenvalue weighted by Crippen LogP contribution is -2.23. The molecule has 0 aliphatic rings. The van der Waals surface area contributed by atoms with E-state index < -0.39 is 0 Å². The Kier molecular flexibility index (Phi) is 6.04. The van der Waals surface area contributed by atoms with Gasteiger partial charge in [-0.2, -0.15) is 0 Å². The van der Waals surface area contributed by atoms with Gasteiger partial charge in [-0.05, 0) is 35.7 Å². The van der Waals surface area contributed by atoms with Crippen LogP contribution in [0.3, 0.4) is 0 Å². The molecule has 0 N–H and O–H groups in total. The second-order valence-corrected chi connectivity index (χ2v) is 6.23. The Morgan fingerprint density at radius 2 is 1.36 bits per heavy atom. The van der Waals surface area contributed by atoms with E-state index in [4.69, 9.17) is 0 Å². The zero-order chi connectivity index (χ0) is 17.3. The van der Waals surface area contributed by atoms with E-state index in [0.717, 1.165) is 25.2 Å². The Hall–Kier alpha value is -2.82. The summed E-state index contributed by atoms with van der Waals surface area (Å²) in [4.78, 5) is 2.40. The molecule has 0 aliphatic carbocycles. The molecule has 0 fully saturated rings. The van der Waals surface area contributed by atoms with E-state index in [1.807, 2.05) is 18.2 Å². The Bertz CT molecular complexity index is 841. The summed E-state index contributed by atoms with van der Waals surface area (Å²) >= 11 is 0. The molecule has 0 saturated heterocycles. The van der Waals surface area contributed by atoms with E-state index in [9.17, 15) is 0 Å². The quantitative estimate of drug-likeness (QED) is 0.593. The van der Waals surface area contributed by atoms with Crippen molar-refractivity contribution in [1.82, 2.24) is 4.90 Å². The second-order valence-electron chi connectivity index (χ2n) is 6.23. The Morgan fingerprint density at radius 1 is 0.720 bits per heavy atom. The number of hydrogen-bond acceptors (Lipinski definition) is 1. The lowest BCUT2D eigenvalue weighted by atomic mass is 10.1. The van der Waals surface area contributed by atoms with E-state index in [1.165, 1.54) is 16.7 Å². The molecule has 3 rings (SSSR count). The van der Waals surface area contributed by atoms with Crippen LogP contribution in [0.2, 0.25) is 0 Å². The Labute approximate surface area is 150 Å². The van der Waals surface area contributed by atoms with Crippen molar-refractivity contribution in [3.05, 3.63) is 107 Å². The van der Waals surface area contributed by atoms with Crippen molar-refractivity contribution in [2.75, 3.05) is 6.54 Å². The van der Waals surface area contributed by atoms with Gasteiger partial charge in [0.15, 0.2) is 0 Å². The van der Waals surface area contributed by atoms with Crippen molar-refractivity contribution in [3.8, 4) is 11.8 Å². The van der Waals surface area contributed by atoms with Crippen molar-refractivity contribution in [1.29, 1.82) is 0 Å². The maximum absolute atomic E-state index is 3.34. The molecule has 1 heteroatoms. The minimum Gasteiger partial charge on any atom is -0.284 e. The second kappa shape index (κ2) is 8.87. The Morgan fingerprint density at radius 3 is 2.08 bits per heavy atom. The minimum atomic E-state index is 0.748. The van der Waals surface area contributed by atoms with Crippen LogP contribution in [0.4, 0.5) is 0 Å². The number of hydrogen-bond donors (Lipinski definition) is 0. The summed E-state index contributed by atoms with van der Waals surface area (Å²) in [6.07, 6.45) is 0. The molecule has 25 heavy (non-hydrogen) atoms. The minimum absolute atomic E-state index is 0.748. The highest BCUT2D eigenvalue weighted by Crippen LogP contribution is 2.13. The maximum atomic E-state index is 3.34. The molecule has 0 aromatic heterocycles. The summed E-state index contributed by atoms with van der Waals surface area (Å²) in [5.74, 6) is 6.61. The summed E-state index contributed by atoms with van der Waals surface area (Å²) in [6.45, 7) is 4.73. The molecule has 0 radical (unpaired) electrons. The highest BCUT2D eigenvalue weighted by atomic mass is 15.1. The molecule has 0 atom stereocenters.